The van der Waals surface area contributed by atoms with Crippen LogP contribution in [0.4, 0.5) is 0 Å². The minimum absolute atomic E-state index is 0.0759. The van der Waals surface area contributed by atoms with Crippen molar-refractivity contribution in [3.8, 4) is 5.75 Å². The molecule has 0 saturated carbocycles. The Morgan fingerprint density at radius 1 is 1.58 bits per heavy atom. The molecule has 1 N–H and O–H groups in total. The molecule has 0 amide bonds. The molecule has 0 spiro atoms. The minimum Gasteiger partial charge on any atom is -0.491 e. The van der Waals surface area contributed by atoms with Crippen molar-refractivity contribution >= 4 is 21.9 Å². The predicted molar refractivity (Wildman–Crippen MR) is 74.8 cm³/mol. The lowest BCUT2D eigenvalue weighted by molar-refractivity contribution is -0.0326. The molecule has 2 rings (SSSR count). The normalized spacial score (nSPS) is 21.3. The van der Waals surface area contributed by atoms with E-state index >= 15 is 0 Å². The Bertz CT molecular complexity index is 484. The Labute approximate surface area is 120 Å². The van der Waals surface area contributed by atoms with Crippen LogP contribution in [-0.4, -0.2) is 29.4 Å². The molecule has 19 heavy (non-hydrogen) atoms. The molecule has 1 aromatic carbocycles. The van der Waals surface area contributed by atoms with Crippen LogP contribution in [0.15, 0.2) is 22.7 Å². The van der Waals surface area contributed by atoms with Crippen molar-refractivity contribution in [1.29, 1.82) is 0 Å². The zero-order chi connectivity index (χ0) is 14.0. The summed E-state index contributed by atoms with van der Waals surface area (Å²) in [6.45, 7) is 4.58. The van der Waals surface area contributed by atoms with E-state index in [4.69, 9.17) is 14.6 Å². The Hall–Kier alpha value is -1.07. The van der Waals surface area contributed by atoms with Crippen LogP contribution in [0.2, 0.25) is 0 Å². The van der Waals surface area contributed by atoms with Crippen LogP contribution in [0.1, 0.15) is 37.0 Å². The second kappa shape index (κ2) is 5.51. The third-order valence-corrected chi connectivity index (χ3v) is 3.85. The number of carboxylic acid groups (broad SMARTS) is 1. The van der Waals surface area contributed by atoms with Gasteiger partial charge < -0.3 is 14.6 Å². The van der Waals surface area contributed by atoms with Gasteiger partial charge in [-0.25, -0.2) is 4.79 Å². The molecule has 1 aromatic rings. The summed E-state index contributed by atoms with van der Waals surface area (Å²) in [5.74, 6) is -0.426. The van der Waals surface area contributed by atoms with Crippen LogP contribution in [0.5, 0.6) is 5.75 Å². The molecule has 4 nitrogen and oxygen atoms in total. The van der Waals surface area contributed by atoms with Gasteiger partial charge in [0.25, 0.3) is 0 Å². The zero-order valence-electron chi connectivity index (χ0n) is 11.0. The number of carbonyl (C=O) groups is 1. The van der Waals surface area contributed by atoms with E-state index in [9.17, 15) is 4.79 Å². The monoisotopic (exact) mass is 328 g/mol. The average molecular weight is 329 g/mol. The van der Waals surface area contributed by atoms with Gasteiger partial charge >= 0.3 is 5.97 Å². The van der Waals surface area contributed by atoms with Crippen LogP contribution in [0, 0.1) is 0 Å². The smallest absolute Gasteiger partial charge is 0.336 e. The van der Waals surface area contributed by atoms with E-state index in [1.54, 1.807) is 12.1 Å². The van der Waals surface area contributed by atoms with Crippen LogP contribution < -0.4 is 4.74 Å². The Balaban J connectivity index is 1.97. The highest BCUT2D eigenvalue weighted by atomic mass is 79.9. The number of carboxylic acids is 1. The van der Waals surface area contributed by atoms with Crippen molar-refractivity contribution < 1.29 is 19.4 Å². The second-order valence-electron chi connectivity index (χ2n) is 5.30. The maximum absolute atomic E-state index is 11.0. The van der Waals surface area contributed by atoms with Crippen molar-refractivity contribution in [2.45, 2.75) is 38.4 Å². The van der Waals surface area contributed by atoms with E-state index in [-0.39, 0.29) is 17.3 Å². The van der Waals surface area contributed by atoms with Crippen LogP contribution in [0.3, 0.4) is 0 Å². The average Bonchev–Trinajstić information content (AvgIpc) is 2.67. The standard InChI is InChI=1S/C14H17BrO4/c1-14(2)6-5-10(19-14)8-18-9-3-4-12(15)11(7-9)13(16)17/h3-4,7,10H,5-6,8H2,1-2H3,(H,16,17). The van der Waals surface area contributed by atoms with Crippen molar-refractivity contribution in [1.82, 2.24) is 0 Å². The van der Waals surface area contributed by atoms with E-state index in [1.807, 2.05) is 0 Å². The van der Waals surface area contributed by atoms with Gasteiger partial charge in [-0.15, -0.1) is 0 Å². The summed E-state index contributed by atoms with van der Waals surface area (Å²) < 4.78 is 12.0. The fourth-order valence-electron chi connectivity index (χ4n) is 2.14. The maximum Gasteiger partial charge on any atom is 0.336 e. The van der Waals surface area contributed by atoms with Gasteiger partial charge in [-0.3, -0.25) is 0 Å². The first-order chi connectivity index (χ1) is 8.87. The van der Waals surface area contributed by atoms with E-state index in [1.165, 1.54) is 6.07 Å². The molecule has 0 radical (unpaired) electrons. The summed E-state index contributed by atoms with van der Waals surface area (Å²) in [5.41, 5.74) is 0.116. The van der Waals surface area contributed by atoms with Gasteiger partial charge in [0.2, 0.25) is 0 Å². The molecule has 1 heterocycles. The molecule has 1 fully saturated rings. The summed E-state index contributed by atoms with van der Waals surface area (Å²) in [5, 5.41) is 9.03. The first-order valence-electron chi connectivity index (χ1n) is 6.21. The van der Waals surface area contributed by atoms with Crippen LogP contribution >= 0.6 is 15.9 Å². The lowest BCUT2D eigenvalue weighted by Gasteiger charge is -2.19. The molecule has 1 atom stereocenters. The molecule has 104 valence electrons. The number of aromatic carboxylic acids is 1. The maximum atomic E-state index is 11.0. The molecule has 1 unspecified atom stereocenters. The Morgan fingerprint density at radius 2 is 2.32 bits per heavy atom. The lowest BCUT2D eigenvalue weighted by atomic mass is 10.1. The summed E-state index contributed by atoms with van der Waals surface area (Å²) in [4.78, 5) is 11.0. The number of rotatable bonds is 4. The Kier molecular flexibility index (Phi) is 4.16. The van der Waals surface area contributed by atoms with Crippen molar-refractivity contribution in [3.63, 3.8) is 0 Å². The summed E-state index contributed by atoms with van der Waals surface area (Å²) >= 11 is 3.20. The Morgan fingerprint density at radius 3 is 2.89 bits per heavy atom. The van der Waals surface area contributed by atoms with Crippen LogP contribution in [0.25, 0.3) is 0 Å². The molecule has 0 bridgehead atoms. The van der Waals surface area contributed by atoms with Crippen molar-refractivity contribution in [2.24, 2.45) is 0 Å². The summed E-state index contributed by atoms with van der Waals surface area (Å²) in [6.07, 6.45) is 2.06. The van der Waals surface area contributed by atoms with Gasteiger partial charge in [-0.1, -0.05) is 0 Å². The molecule has 5 heteroatoms. The van der Waals surface area contributed by atoms with Gasteiger partial charge in [-0.2, -0.15) is 0 Å². The molecule has 1 saturated heterocycles. The first-order valence-corrected chi connectivity index (χ1v) is 7.00. The van der Waals surface area contributed by atoms with Gasteiger partial charge in [0.1, 0.15) is 12.4 Å². The number of hydrogen-bond donors (Lipinski definition) is 1. The molecule has 0 aliphatic carbocycles. The second-order valence-corrected chi connectivity index (χ2v) is 6.15. The van der Waals surface area contributed by atoms with E-state index in [0.717, 1.165) is 12.8 Å². The zero-order valence-corrected chi connectivity index (χ0v) is 12.6. The molecule has 1 aliphatic rings. The molecular formula is C14H17BrO4. The van der Waals surface area contributed by atoms with E-state index < -0.39 is 5.97 Å². The molecular weight excluding hydrogens is 312 g/mol. The molecule has 0 aromatic heterocycles. The van der Waals surface area contributed by atoms with Crippen molar-refractivity contribution in [3.05, 3.63) is 28.2 Å². The third-order valence-electron chi connectivity index (χ3n) is 3.16. The highest BCUT2D eigenvalue weighted by Gasteiger charge is 2.31. The van der Waals surface area contributed by atoms with Crippen LogP contribution in [-0.2, 0) is 4.74 Å². The SMILES string of the molecule is CC1(C)CCC(COc2ccc(Br)c(C(=O)O)c2)O1. The van der Waals surface area contributed by atoms with Gasteiger partial charge in [0, 0.05) is 4.47 Å². The van der Waals surface area contributed by atoms with E-state index in [2.05, 4.69) is 29.8 Å². The van der Waals surface area contributed by atoms with Gasteiger partial charge in [0.05, 0.1) is 17.3 Å². The number of ether oxygens (including phenoxy) is 2. The van der Waals surface area contributed by atoms with Gasteiger partial charge in [-0.05, 0) is 60.8 Å². The molecule has 1 aliphatic heterocycles. The topological polar surface area (TPSA) is 55.8 Å². The largest absolute Gasteiger partial charge is 0.491 e. The third kappa shape index (κ3) is 3.70. The number of halogens is 1. The summed E-state index contributed by atoms with van der Waals surface area (Å²) in [7, 11) is 0. The highest BCUT2D eigenvalue weighted by Crippen LogP contribution is 2.30. The predicted octanol–water partition coefficient (Wildman–Crippen LogP) is 3.48. The minimum atomic E-state index is -0.976. The fourth-order valence-corrected chi connectivity index (χ4v) is 2.56. The summed E-state index contributed by atoms with van der Waals surface area (Å²) in [6, 6.07) is 4.95. The fraction of sp³-hybridized carbons (Fsp3) is 0.500. The van der Waals surface area contributed by atoms with Crippen molar-refractivity contribution in [2.75, 3.05) is 6.61 Å². The lowest BCUT2D eigenvalue weighted by Crippen LogP contribution is -2.23. The highest BCUT2D eigenvalue weighted by molar-refractivity contribution is 9.10. The van der Waals surface area contributed by atoms with Gasteiger partial charge in [0.15, 0.2) is 0 Å². The van der Waals surface area contributed by atoms with E-state index in [0.29, 0.717) is 16.8 Å². The number of hydrogen-bond acceptors (Lipinski definition) is 3. The number of benzene rings is 1. The first kappa shape index (κ1) is 14.3. The quantitative estimate of drug-likeness (QED) is 0.919.